The van der Waals surface area contributed by atoms with Gasteiger partial charge < -0.3 is 25.0 Å². The van der Waals surface area contributed by atoms with Crippen molar-refractivity contribution in [1.29, 1.82) is 0 Å². The second kappa shape index (κ2) is 16.3. The summed E-state index contributed by atoms with van der Waals surface area (Å²) in [5.41, 5.74) is 1.20. The first-order valence-corrected chi connectivity index (χ1v) is 14.5. The molecule has 2 fully saturated rings. The first-order valence-electron chi connectivity index (χ1n) is 14.5. The van der Waals surface area contributed by atoms with Crippen molar-refractivity contribution < 1.29 is 14.3 Å². The summed E-state index contributed by atoms with van der Waals surface area (Å²) in [4.78, 5) is 15.5. The van der Waals surface area contributed by atoms with Gasteiger partial charge in [-0.15, -0.1) is 0 Å². The van der Waals surface area contributed by atoms with Crippen molar-refractivity contribution in [3.8, 4) is 0 Å². The molecule has 0 radical (unpaired) electrons. The molecule has 1 aliphatic heterocycles. The molecule has 6 nitrogen and oxygen atoms in total. The van der Waals surface area contributed by atoms with E-state index in [1.807, 2.05) is 11.0 Å². The number of rotatable bonds is 14. The molecule has 6 heteroatoms. The average Bonchev–Trinajstić information content (AvgIpc) is 2.89. The number of urea groups is 1. The van der Waals surface area contributed by atoms with Crippen molar-refractivity contribution in [2.24, 2.45) is 17.8 Å². The molecule has 1 aliphatic carbocycles. The number of carbonyl (C=O) groups is 1. The van der Waals surface area contributed by atoms with Gasteiger partial charge in [0.2, 0.25) is 0 Å². The van der Waals surface area contributed by atoms with Crippen molar-refractivity contribution >= 4 is 6.03 Å². The number of carbonyl (C=O) groups excluding carboxylic acids is 1. The van der Waals surface area contributed by atoms with E-state index in [1.165, 1.54) is 37.7 Å². The Hall–Kier alpha value is -1.63. The number of nitrogens with zero attached hydrogens (tertiary/aromatic N) is 1. The zero-order valence-corrected chi connectivity index (χ0v) is 23.1. The molecule has 1 saturated heterocycles. The molecule has 0 bridgehead atoms. The molecule has 1 aromatic rings. The number of hydrogen-bond acceptors (Lipinski definition) is 4. The van der Waals surface area contributed by atoms with E-state index in [1.54, 1.807) is 7.11 Å². The van der Waals surface area contributed by atoms with Crippen LogP contribution in [0.4, 0.5) is 4.79 Å². The maximum absolute atomic E-state index is 13.5. The summed E-state index contributed by atoms with van der Waals surface area (Å²) in [6.45, 7) is 9.24. The Morgan fingerprint density at radius 3 is 2.53 bits per heavy atom. The van der Waals surface area contributed by atoms with Crippen LogP contribution < -0.4 is 10.6 Å². The highest BCUT2D eigenvalue weighted by Crippen LogP contribution is 2.33. The van der Waals surface area contributed by atoms with E-state index in [0.717, 1.165) is 57.8 Å². The van der Waals surface area contributed by atoms with Gasteiger partial charge in [-0.1, -0.05) is 76.3 Å². The second-order valence-corrected chi connectivity index (χ2v) is 11.3. The quantitative estimate of drug-likeness (QED) is 0.317. The van der Waals surface area contributed by atoms with Crippen LogP contribution >= 0.6 is 0 Å². The summed E-state index contributed by atoms with van der Waals surface area (Å²) in [7, 11) is 1.73. The molecule has 1 heterocycles. The molecule has 3 unspecified atom stereocenters. The van der Waals surface area contributed by atoms with Crippen LogP contribution in [0.15, 0.2) is 30.3 Å². The maximum atomic E-state index is 13.5. The molecule has 1 aromatic carbocycles. The Balaban J connectivity index is 1.60. The van der Waals surface area contributed by atoms with Gasteiger partial charge in [0.25, 0.3) is 0 Å². The Morgan fingerprint density at radius 2 is 1.81 bits per heavy atom. The third-order valence-corrected chi connectivity index (χ3v) is 7.71. The molecule has 204 valence electrons. The van der Waals surface area contributed by atoms with Crippen LogP contribution in [0.2, 0.25) is 0 Å². The van der Waals surface area contributed by atoms with Gasteiger partial charge in [0.1, 0.15) is 0 Å². The first kappa shape index (κ1) is 28.9. The molecule has 3 rings (SSSR count). The van der Waals surface area contributed by atoms with Gasteiger partial charge in [0.15, 0.2) is 0 Å². The molecule has 36 heavy (non-hydrogen) atoms. The normalized spacial score (nSPS) is 20.9. The molecule has 1 saturated carbocycles. The highest BCUT2D eigenvalue weighted by atomic mass is 16.5. The highest BCUT2D eigenvalue weighted by Gasteiger charge is 2.32. The lowest BCUT2D eigenvalue weighted by Crippen LogP contribution is -2.52. The lowest BCUT2D eigenvalue weighted by Gasteiger charge is -2.38. The van der Waals surface area contributed by atoms with Crippen LogP contribution in [0.5, 0.6) is 0 Å². The third kappa shape index (κ3) is 10.0. The highest BCUT2D eigenvalue weighted by molar-refractivity contribution is 5.74. The van der Waals surface area contributed by atoms with Gasteiger partial charge in [-0.25, -0.2) is 4.79 Å². The fourth-order valence-electron chi connectivity index (χ4n) is 5.83. The summed E-state index contributed by atoms with van der Waals surface area (Å²) in [5.74, 6) is 1.64. The number of benzene rings is 1. The van der Waals surface area contributed by atoms with Crippen molar-refractivity contribution in [3.05, 3.63) is 35.9 Å². The lowest BCUT2D eigenvalue weighted by molar-refractivity contribution is -0.0168. The predicted octanol–water partition coefficient (Wildman–Crippen LogP) is 5.79. The summed E-state index contributed by atoms with van der Waals surface area (Å²) in [6.07, 6.45) is 10.7. The van der Waals surface area contributed by atoms with E-state index >= 15 is 0 Å². The molecule has 2 aliphatic rings. The molecule has 0 aromatic heterocycles. The zero-order valence-electron chi connectivity index (χ0n) is 23.1. The number of nitrogens with one attached hydrogen (secondary N) is 2. The molecular weight excluding hydrogens is 450 g/mol. The van der Waals surface area contributed by atoms with Gasteiger partial charge in [-0.2, -0.15) is 0 Å². The predicted molar refractivity (Wildman–Crippen MR) is 147 cm³/mol. The summed E-state index contributed by atoms with van der Waals surface area (Å²) in [6, 6.07) is 10.8. The summed E-state index contributed by atoms with van der Waals surface area (Å²) >= 11 is 0. The van der Waals surface area contributed by atoms with Crippen LogP contribution in [0.3, 0.4) is 0 Å². The van der Waals surface area contributed by atoms with E-state index in [0.29, 0.717) is 25.0 Å². The molecule has 2 N–H and O–H groups in total. The zero-order chi connectivity index (χ0) is 25.6. The topological polar surface area (TPSA) is 62.8 Å². The monoisotopic (exact) mass is 501 g/mol. The Bertz CT molecular complexity index is 723. The number of hydrogen-bond donors (Lipinski definition) is 2. The largest absolute Gasteiger partial charge is 0.385 e. The summed E-state index contributed by atoms with van der Waals surface area (Å²) in [5, 5.41) is 7.04. The number of piperidine rings is 1. The van der Waals surface area contributed by atoms with Gasteiger partial charge in [0.05, 0.1) is 6.10 Å². The third-order valence-electron chi connectivity index (χ3n) is 7.71. The van der Waals surface area contributed by atoms with Gasteiger partial charge in [0, 0.05) is 51.9 Å². The van der Waals surface area contributed by atoms with Gasteiger partial charge in [-0.05, 0) is 49.6 Å². The minimum atomic E-state index is 0.00407. The van der Waals surface area contributed by atoms with E-state index < -0.39 is 0 Å². The van der Waals surface area contributed by atoms with Crippen LogP contribution in [0.25, 0.3) is 0 Å². The lowest BCUT2D eigenvalue weighted by atomic mass is 9.84. The average molecular weight is 502 g/mol. The minimum absolute atomic E-state index is 0.00407. The molecule has 2 amide bonds. The molecule has 0 spiro atoms. The Kier molecular flexibility index (Phi) is 13.1. The summed E-state index contributed by atoms with van der Waals surface area (Å²) < 4.78 is 11.6. The van der Waals surface area contributed by atoms with Crippen molar-refractivity contribution in [1.82, 2.24) is 15.5 Å². The molecular formula is C30H51N3O3. The SMILES string of the molecule is COCCCOC(c1ccccc1)C1CCCN(C(=O)NC(CNCC(C)C)CC2CCCCC2)C1. The number of amides is 2. The van der Waals surface area contributed by atoms with Crippen LogP contribution in [0.1, 0.15) is 83.3 Å². The van der Waals surface area contributed by atoms with Crippen molar-refractivity contribution in [2.45, 2.75) is 83.8 Å². The van der Waals surface area contributed by atoms with Crippen LogP contribution in [-0.4, -0.2) is 63.5 Å². The van der Waals surface area contributed by atoms with Crippen molar-refractivity contribution in [3.63, 3.8) is 0 Å². The standard InChI is InChI=1S/C30H51N3O3/c1-24(2)21-31-22-28(20-25-12-6-4-7-13-25)32-30(34)33-17-10-16-27(23-33)29(36-19-11-18-35-3)26-14-8-5-9-15-26/h5,8-9,14-15,24-25,27-29,31H,4,6-7,10-13,16-23H2,1-3H3,(H,32,34). The maximum Gasteiger partial charge on any atom is 0.317 e. The van der Waals surface area contributed by atoms with Crippen LogP contribution in [0, 0.1) is 17.8 Å². The fraction of sp³-hybridized carbons (Fsp3) is 0.767. The van der Waals surface area contributed by atoms with Gasteiger partial charge >= 0.3 is 6.03 Å². The van der Waals surface area contributed by atoms with Crippen molar-refractivity contribution in [2.75, 3.05) is 46.5 Å². The van der Waals surface area contributed by atoms with E-state index in [4.69, 9.17) is 9.47 Å². The number of methoxy groups -OCH3 is 1. The Labute approximate surface area is 219 Å². The minimum Gasteiger partial charge on any atom is -0.385 e. The van der Waals surface area contributed by atoms with Gasteiger partial charge in [-0.3, -0.25) is 0 Å². The van der Waals surface area contributed by atoms with E-state index in [2.05, 4.69) is 48.7 Å². The smallest absolute Gasteiger partial charge is 0.317 e. The number of ether oxygens (including phenoxy) is 2. The first-order chi connectivity index (χ1) is 17.6. The molecule has 3 atom stereocenters. The second-order valence-electron chi connectivity index (χ2n) is 11.3. The fourth-order valence-corrected chi connectivity index (χ4v) is 5.83. The Morgan fingerprint density at radius 1 is 1.03 bits per heavy atom. The van der Waals surface area contributed by atoms with E-state index in [-0.39, 0.29) is 18.2 Å². The van der Waals surface area contributed by atoms with E-state index in [9.17, 15) is 4.79 Å². The van der Waals surface area contributed by atoms with Crippen LogP contribution in [-0.2, 0) is 9.47 Å². The number of likely N-dealkylation sites (tertiary alicyclic amines) is 1.